The fourth-order valence-electron chi connectivity index (χ4n) is 6.80. The summed E-state index contributed by atoms with van der Waals surface area (Å²) in [6.07, 6.45) is 13.6. The van der Waals surface area contributed by atoms with Gasteiger partial charge in [0.1, 0.15) is 5.75 Å². The molecule has 5 atom stereocenters. The Morgan fingerprint density at radius 2 is 2.00 bits per heavy atom. The lowest BCUT2D eigenvalue weighted by Gasteiger charge is -2.55. The summed E-state index contributed by atoms with van der Waals surface area (Å²) < 4.78 is 5.44. The first kappa shape index (κ1) is 17.0. The molecule has 4 rings (SSSR count). The highest BCUT2D eigenvalue weighted by Gasteiger charge is 2.62. The van der Waals surface area contributed by atoms with Gasteiger partial charge in [-0.2, -0.15) is 0 Å². The number of fused-ring (bicyclic) bond motifs is 5. The number of methoxy groups -OCH3 is 1. The molecule has 0 aliphatic heterocycles. The quantitative estimate of drug-likeness (QED) is 0.738. The number of hydrogen-bond donors (Lipinski definition) is 0. The molecule has 0 unspecified atom stereocenters. The van der Waals surface area contributed by atoms with Crippen LogP contribution in [0.15, 0.2) is 18.2 Å². The van der Waals surface area contributed by atoms with Crippen LogP contribution in [0.4, 0.5) is 0 Å². The molecule has 2 fully saturated rings. The molecule has 1 aromatic rings. The Labute approximate surface area is 152 Å². The van der Waals surface area contributed by atoms with E-state index in [4.69, 9.17) is 11.2 Å². The van der Waals surface area contributed by atoms with Crippen LogP contribution in [0.25, 0.3) is 0 Å². The van der Waals surface area contributed by atoms with E-state index in [2.05, 4.69) is 50.0 Å². The van der Waals surface area contributed by atoms with Gasteiger partial charge in [-0.15, -0.1) is 6.42 Å². The van der Waals surface area contributed by atoms with E-state index in [1.165, 1.54) is 37.7 Å². The Kier molecular flexibility index (Phi) is 3.92. The van der Waals surface area contributed by atoms with Crippen LogP contribution in [0.2, 0.25) is 0 Å². The molecule has 0 spiro atoms. The summed E-state index contributed by atoms with van der Waals surface area (Å²) in [5, 5.41) is 0. The monoisotopic (exact) mass is 337 g/mol. The number of rotatable bonds is 2. The summed E-state index contributed by atoms with van der Waals surface area (Å²) >= 11 is 0. The minimum atomic E-state index is -0.0666. The van der Waals surface area contributed by atoms with Crippen molar-refractivity contribution in [2.24, 2.45) is 17.3 Å². The molecule has 1 aromatic carbocycles. The minimum Gasteiger partial charge on any atom is -0.497 e. The van der Waals surface area contributed by atoms with Gasteiger partial charge in [0.25, 0.3) is 0 Å². The number of hydrogen-bond acceptors (Lipinski definition) is 2. The predicted octanol–water partition coefficient (Wildman–Crippen LogP) is 4.48. The van der Waals surface area contributed by atoms with Gasteiger partial charge in [-0.25, -0.2) is 0 Å². The molecule has 0 N–H and O–H groups in total. The fraction of sp³-hybridized carbons (Fsp3) is 0.652. The van der Waals surface area contributed by atoms with Gasteiger partial charge in [-0.05, 0) is 93.6 Å². The molecular formula is C23H31NO. The Hall–Kier alpha value is -1.46. The molecule has 0 heterocycles. The highest BCUT2D eigenvalue weighted by atomic mass is 16.5. The van der Waals surface area contributed by atoms with Crippen LogP contribution >= 0.6 is 0 Å². The molecular weight excluding hydrogens is 306 g/mol. The molecule has 0 bridgehead atoms. The number of terminal acetylenes is 1. The first-order valence-corrected chi connectivity index (χ1v) is 9.79. The third kappa shape index (κ3) is 2.15. The van der Waals surface area contributed by atoms with E-state index in [1.54, 1.807) is 12.7 Å². The first-order valence-electron chi connectivity index (χ1n) is 9.79. The second-order valence-electron chi connectivity index (χ2n) is 8.87. The topological polar surface area (TPSA) is 12.5 Å². The maximum absolute atomic E-state index is 6.13. The largest absolute Gasteiger partial charge is 0.497 e. The SMILES string of the molecule is C#C[C@@]1(N(C)C)CC[C@H]2[C@H]3CCc4cc(OC)ccc4[C@H]3CC[C@@]21C. The van der Waals surface area contributed by atoms with Crippen molar-refractivity contribution < 1.29 is 4.74 Å². The van der Waals surface area contributed by atoms with Gasteiger partial charge in [0.2, 0.25) is 0 Å². The van der Waals surface area contributed by atoms with E-state index in [0.717, 1.165) is 24.0 Å². The summed E-state index contributed by atoms with van der Waals surface area (Å²) in [7, 11) is 6.13. The smallest absolute Gasteiger partial charge is 0.119 e. The molecule has 2 saturated carbocycles. The van der Waals surface area contributed by atoms with E-state index in [0.29, 0.717) is 5.92 Å². The second-order valence-corrected chi connectivity index (χ2v) is 8.87. The lowest BCUT2D eigenvalue weighted by Crippen LogP contribution is -2.57. The van der Waals surface area contributed by atoms with Crippen LogP contribution < -0.4 is 4.74 Å². The third-order valence-electron chi connectivity index (χ3n) is 8.09. The van der Waals surface area contributed by atoms with Gasteiger partial charge >= 0.3 is 0 Å². The van der Waals surface area contributed by atoms with E-state index in [-0.39, 0.29) is 11.0 Å². The molecule has 0 aromatic heterocycles. The Morgan fingerprint density at radius 1 is 1.20 bits per heavy atom. The number of nitrogens with zero attached hydrogens (tertiary/aromatic N) is 1. The van der Waals surface area contributed by atoms with E-state index in [9.17, 15) is 0 Å². The predicted molar refractivity (Wildman–Crippen MR) is 103 cm³/mol. The van der Waals surface area contributed by atoms with E-state index in [1.807, 2.05) is 0 Å². The molecule has 0 amide bonds. The number of ether oxygens (including phenoxy) is 1. The van der Waals surface area contributed by atoms with Gasteiger partial charge in [0, 0.05) is 5.41 Å². The molecule has 25 heavy (non-hydrogen) atoms. The van der Waals surface area contributed by atoms with Crippen LogP contribution in [0.1, 0.15) is 56.1 Å². The average Bonchev–Trinajstić information content (AvgIpc) is 2.94. The van der Waals surface area contributed by atoms with Crippen LogP contribution in [0, 0.1) is 29.6 Å². The van der Waals surface area contributed by atoms with Crippen LogP contribution in [0.3, 0.4) is 0 Å². The van der Waals surface area contributed by atoms with E-state index < -0.39 is 0 Å². The van der Waals surface area contributed by atoms with Gasteiger partial charge in [0.05, 0.1) is 12.6 Å². The summed E-state index contributed by atoms with van der Waals surface area (Å²) in [6, 6.07) is 6.75. The fourth-order valence-corrected chi connectivity index (χ4v) is 6.80. The van der Waals surface area contributed by atoms with Gasteiger partial charge in [-0.3, -0.25) is 4.90 Å². The van der Waals surface area contributed by atoms with Crippen LogP contribution in [-0.4, -0.2) is 31.6 Å². The standard InChI is InChI=1S/C23H31NO/c1-6-23(24(3)4)14-12-21-20-9-7-16-15-17(25-5)8-10-18(16)19(20)11-13-22(21,23)2/h1,8,10,15,19-21H,7,9,11-14H2,2-5H3/t19-,20+,21+,22+,23-/m1/s1. The van der Waals surface area contributed by atoms with Gasteiger partial charge < -0.3 is 4.74 Å². The molecule has 2 heteroatoms. The Morgan fingerprint density at radius 3 is 2.68 bits per heavy atom. The van der Waals surface area contributed by atoms with Crippen molar-refractivity contribution in [1.82, 2.24) is 4.90 Å². The summed E-state index contributed by atoms with van der Waals surface area (Å²) in [5.41, 5.74) is 3.28. The third-order valence-corrected chi connectivity index (χ3v) is 8.09. The Bertz CT molecular complexity index is 717. The highest BCUT2D eigenvalue weighted by Crippen LogP contribution is 2.65. The summed E-state index contributed by atoms with van der Waals surface area (Å²) in [6.45, 7) is 2.49. The zero-order valence-electron chi connectivity index (χ0n) is 16.1. The average molecular weight is 338 g/mol. The summed E-state index contributed by atoms with van der Waals surface area (Å²) in [5.74, 6) is 6.50. The molecule has 0 radical (unpaired) electrons. The zero-order chi connectivity index (χ0) is 17.8. The zero-order valence-corrected chi connectivity index (χ0v) is 16.1. The van der Waals surface area contributed by atoms with Gasteiger partial charge in [-0.1, -0.05) is 18.9 Å². The van der Waals surface area contributed by atoms with E-state index >= 15 is 0 Å². The highest BCUT2D eigenvalue weighted by molar-refractivity contribution is 5.41. The minimum absolute atomic E-state index is 0.0666. The molecule has 2 nitrogen and oxygen atoms in total. The maximum atomic E-state index is 6.13. The molecule has 3 aliphatic rings. The number of benzene rings is 1. The van der Waals surface area contributed by atoms with Crippen LogP contribution in [0.5, 0.6) is 5.75 Å². The van der Waals surface area contributed by atoms with Crippen molar-refractivity contribution >= 4 is 0 Å². The normalized spacial score (nSPS) is 39.3. The molecule has 134 valence electrons. The van der Waals surface area contributed by atoms with Gasteiger partial charge in [0.15, 0.2) is 0 Å². The Balaban J connectivity index is 1.70. The summed E-state index contributed by atoms with van der Waals surface area (Å²) in [4.78, 5) is 2.34. The van der Waals surface area contributed by atoms with Crippen molar-refractivity contribution in [2.75, 3.05) is 21.2 Å². The van der Waals surface area contributed by atoms with Crippen molar-refractivity contribution in [3.63, 3.8) is 0 Å². The maximum Gasteiger partial charge on any atom is 0.119 e. The lowest BCUT2D eigenvalue weighted by molar-refractivity contribution is -0.0162. The second kappa shape index (κ2) is 5.78. The molecule has 3 aliphatic carbocycles. The van der Waals surface area contributed by atoms with Crippen LogP contribution in [-0.2, 0) is 6.42 Å². The van der Waals surface area contributed by atoms with Crippen molar-refractivity contribution in [3.05, 3.63) is 29.3 Å². The first-order chi connectivity index (χ1) is 12.0. The van der Waals surface area contributed by atoms with Crippen molar-refractivity contribution in [1.29, 1.82) is 0 Å². The number of aryl methyl sites for hydroxylation is 1. The van der Waals surface area contributed by atoms with Crippen molar-refractivity contribution in [3.8, 4) is 18.1 Å². The lowest BCUT2D eigenvalue weighted by atomic mass is 9.52. The molecule has 0 saturated heterocycles. The van der Waals surface area contributed by atoms with Crippen molar-refractivity contribution in [2.45, 2.75) is 56.9 Å².